The molecular weight excluding hydrogens is 409 g/mol. The van der Waals surface area contributed by atoms with Gasteiger partial charge in [0.1, 0.15) is 16.9 Å². The van der Waals surface area contributed by atoms with Crippen LogP contribution in [-0.2, 0) is 9.53 Å². The molecule has 12 heteroatoms. The van der Waals surface area contributed by atoms with Crippen LogP contribution in [0.5, 0.6) is 0 Å². The number of benzene rings is 1. The van der Waals surface area contributed by atoms with Gasteiger partial charge in [0.05, 0.1) is 9.95 Å². The van der Waals surface area contributed by atoms with Crippen LogP contribution in [0.1, 0.15) is 9.67 Å². The maximum Gasteiger partial charge on any atom is 0.350 e. The van der Waals surface area contributed by atoms with Crippen LogP contribution >= 0.6 is 34.3 Å². The molecule has 1 aromatic carbocycles. The number of carbonyl (C=O) groups excluding carboxylic acids is 2. The van der Waals surface area contributed by atoms with Gasteiger partial charge in [-0.3, -0.25) is 20.2 Å². The fourth-order valence-corrected chi connectivity index (χ4v) is 4.01. The summed E-state index contributed by atoms with van der Waals surface area (Å²) in [5.41, 5.74) is 0. The lowest BCUT2D eigenvalue weighted by molar-refractivity contribution is -0.380. The van der Waals surface area contributed by atoms with Gasteiger partial charge in [-0.25, -0.2) is 14.2 Å². The van der Waals surface area contributed by atoms with Crippen molar-refractivity contribution in [1.29, 1.82) is 0 Å². The number of hydrogen-bond donors (Lipinski definition) is 1. The van der Waals surface area contributed by atoms with Crippen LogP contribution < -0.4 is 5.32 Å². The Labute approximate surface area is 157 Å². The van der Waals surface area contributed by atoms with Crippen molar-refractivity contribution in [3.63, 3.8) is 0 Å². The molecule has 26 heavy (non-hydrogen) atoms. The Hall–Kier alpha value is -2.63. The molecular formula is C14H7ClFN3O5S2. The number of anilines is 1. The number of nitrogens with one attached hydrogen (secondary N) is 1. The van der Waals surface area contributed by atoms with Gasteiger partial charge in [-0.15, -0.1) is 11.3 Å². The number of amides is 1. The largest absolute Gasteiger partial charge is 0.451 e. The van der Waals surface area contributed by atoms with Crippen LogP contribution in [0.4, 0.5) is 14.5 Å². The first-order valence-corrected chi connectivity index (χ1v) is 8.81. The zero-order valence-electron chi connectivity index (χ0n) is 12.5. The molecule has 0 unspecified atom stereocenters. The van der Waals surface area contributed by atoms with E-state index in [-0.39, 0.29) is 20.0 Å². The van der Waals surface area contributed by atoms with Crippen LogP contribution in [0.2, 0.25) is 5.02 Å². The second-order valence-electron chi connectivity index (χ2n) is 4.77. The second-order valence-corrected chi connectivity index (χ2v) is 7.21. The van der Waals surface area contributed by atoms with Gasteiger partial charge in [0.2, 0.25) is 0 Å². The Morgan fingerprint density at radius 3 is 2.85 bits per heavy atom. The van der Waals surface area contributed by atoms with Gasteiger partial charge in [-0.2, -0.15) is 0 Å². The zero-order valence-corrected chi connectivity index (χ0v) is 14.9. The third-order valence-corrected chi connectivity index (χ3v) is 5.53. The normalized spacial score (nSPS) is 10.7. The first-order valence-electron chi connectivity index (χ1n) is 6.80. The lowest BCUT2D eigenvalue weighted by Gasteiger charge is -2.03. The van der Waals surface area contributed by atoms with Crippen molar-refractivity contribution in [2.75, 3.05) is 11.9 Å². The summed E-state index contributed by atoms with van der Waals surface area (Å²) in [6.07, 6.45) is 1.00. The number of esters is 1. The summed E-state index contributed by atoms with van der Waals surface area (Å²) in [6.45, 7) is -0.634. The fourth-order valence-electron chi connectivity index (χ4n) is 1.93. The summed E-state index contributed by atoms with van der Waals surface area (Å²) in [5, 5.41) is 13.2. The van der Waals surface area contributed by atoms with Crippen LogP contribution in [0, 0.1) is 15.9 Å². The van der Waals surface area contributed by atoms with E-state index >= 15 is 0 Å². The lowest BCUT2D eigenvalue weighted by atomic mass is 10.2. The molecule has 0 aliphatic carbocycles. The fraction of sp³-hybridized carbons (Fsp3) is 0.0714. The maximum atomic E-state index is 13.2. The number of ether oxygens (including phenoxy) is 1. The highest BCUT2D eigenvalue weighted by Crippen LogP contribution is 2.36. The van der Waals surface area contributed by atoms with E-state index in [0.29, 0.717) is 21.4 Å². The Morgan fingerprint density at radius 1 is 1.38 bits per heavy atom. The second kappa shape index (κ2) is 7.32. The molecule has 8 nitrogen and oxygen atoms in total. The van der Waals surface area contributed by atoms with Crippen LogP contribution in [-0.4, -0.2) is 28.4 Å². The molecule has 0 fully saturated rings. The summed E-state index contributed by atoms with van der Waals surface area (Å²) in [5.74, 6) is -2.02. The molecule has 1 amide bonds. The molecule has 2 heterocycles. The number of nitro groups is 1. The monoisotopic (exact) mass is 415 g/mol. The van der Waals surface area contributed by atoms with Crippen LogP contribution in [0.3, 0.4) is 0 Å². The van der Waals surface area contributed by atoms with E-state index in [1.165, 1.54) is 18.2 Å². The van der Waals surface area contributed by atoms with E-state index < -0.39 is 29.2 Å². The quantitative estimate of drug-likeness (QED) is 0.385. The van der Waals surface area contributed by atoms with Gasteiger partial charge in [-0.05, 0) is 29.5 Å². The number of rotatable bonds is 5. The molecule has 2 aromatic heterocycles. The highest BCUT2D eigenvalue weighted by molar-refractivity contribution is 7.21. The smallest absolute Gasteiger partial charge is 0.350 e. The van der Waals surface area contributed by atoms with Crippen molar-refractivity contribution in [3.8, 4) is 0 Å². The average molecular weight is 416 g/mol. The standard InChI is InChI=1S/C14H7ClFN3O5S2/c15-11-7-2-1-6(16)3-8(7)25-12(11)13(21)24-5-9(20)18-14-17-4-10(26-14)19(22)23/h1-4H,5H2,(H,17,18,20). The van der Waals surface area contributed by atoms with Crippen molar-refractivity contribution in [3.05, 3.63) is 50.2 Å². The Morgan fingerprint density at radius 2 is 2.15 bits per heavy atom. The highest BCUT2D eigenvalue weighted by atomic mass is 35.5. The number of thiazole rings is 1. The zero-order chi connectivity index (χ0) is 18.8. The van der Waals surface area contributed by atoms with E-state index in [1.54, 1.807) is 0 Å². The SMILES string of the molecule is O=C(COC(=O)c1sc2cc(F)ccc2c1Cl)Nc1ncc([N+](=O)[O-])s1. The lowest BCUT2D eigenvalue weighted by Crippen LogP contribution is -2.20. The molecule has 3 aromatic rings. The van der Waals surface area contributed by atoms with Gasteiger partial charge in [0.15, 0.2) is 11.7 Å². The van der Waals surface area contributed by atoms with Gasteiger partial charge in [0.25, 0.3) is 5.91 Å². The van der Waals surface area contributed by atoms with Crippen LogP contribution in [0.25, 0.3) is 10.1 Å². The number of hydrogen-bond acceptors (Lipinski definition) is 8. The molecule has 0 atom stereocenters. The summed E-state index contributed by atoms with van der Waals surface area (Å²) in [4.78, 5) is 37.5. The van der Waals surface area contributed by atoms with Crippen molar-refractivity contribution in [2.24, 2.45) is 0 Å². The van der Waals surface area contributed by atoms with Crippen LogP contribution in [0.15, 0.2) is 24.4 Å². The van der Waals surface area contributed by atoms with Crippen molar-refractivity contribution in [2.45, 2.75) is 0 Å². The molecule has 0 aliphatic rings. The average Bonchev–Trinajstić information content (AvgIpc) is 3.17. The van der Waals surface area contributed by atoms with Gasteiger partial charge < -0.3 is 4.74 Å². The van der Waals surface area contributed by atoms with Crippen molar-refractivity contribution >= 4 is 66.4 Å². The van der Waals surface area contributed by atoms with E-state index in [2.05, 4.69) is 10.3 Å². The molecule has 3 rings (SSSR count). The first-order chi connectivity index (χ1) is 12.3. The van der Waals surface area contributed by atoms with Gasteiger partial charge in [0, 0.05) is 10.1 Å². The molecule has 0 saturated heterocycles. The number of thiophene rings is 1. The van der Waals surface area contributed by atoms with E-state index in [9.17, 15) is 24.1 Å². The minimum atomic E-state index is -0.836. The Bertz CT molecular complexity index is 1030. The molecule has 0 bridgehead atoms. The summed E-state index contributed by atoms with van der Waals surface area (Å²) >= 11 is 7.71. The minimum Gasteiger partial charge on any atom is -0.451 e. The van der Waals surface area contributed by atoms with Gasteiger partial charge >= 0.3 is 11.0 Å². The molecule has 0 radical (unpaired) electrons. The summed E-state index contributed by atoms with van der Waals surface area (Å²) in [7, 11) is 0. The number of halogens is 2. The Kier molecular flexibility index (Phi) is 5.11. The number of aromatic nitrogens is 1. The van der Waals surface area contributed by atoms with Gasteiger partial charge in [-0.1, -0.05) is 11.6 Å². The highest BCUT2D eigenvalue weighted by Gasteiger charge is 2.20. The number of nitrogens with zero attached hydrogens (tertiary/aromatic N) is 2. The summed E-state index contributed by atoms with van der Waals surface area (Å²) in [6, 6.07) is 3.91. The van der Waals surface area contributed by atoms with E-state index in [0.717, 1.165) is 17.5 Å². The minimum absolute atomic E-state index is 0.00752. The third kappa shape index (κ3) is 3.79. The predicted molar refractivity (Wildman–Crippen MR) is 94.5 cm³/mol. The molecule has 0 spiro atoms. The van der Waals surface area contributed by atoms with E-state index in [1.807, 2.05) is 0 Å². The molecule has 0 saturated carbocycles. The predicted octanol–water partition coefficient (Wildman–Crippen LogP) is 3.85. The third-order valence-electron chi connectivity index (χ3n) is 3.03. The molecule has 134 valence electrons. The molecule has 0 aliphatic heterocycles. The van der Waals surface area contributed by atoms with Crippen molar-refractivity contribution < 1.29 is 23.6 Å². The number of carbonyl (C=O) groups is 2. The number of fused-ring (bicyclic) bond motifs is 1. The topological polar surface area (TPSA) is 111 Å². The Balaban J connectivity index is 1.64. The first kappa shape index (κ1) is 18.2. The maximum absolute atomic E-state index is 13.2. The van der Waals surface area contributed by atoms with E-state index in [4.69, 9.17) is 16.3 Å². The molecule has 1 N–H and O–H groups in total. The summed E-state index contributed by atoms with van der Waals surface area (Å²) < 4.78 is 18.6. The van der Waals surface area contributed by atoms with Crippen molar-refractivity contribution in [1.82, 2.24) is 4.98 Å².